The summed E-state index contributed by atoms with van der Waals surface area (Å²) in [7, 11) is 0. The number of hydrazine groups is 1. The molecule has 2 aromatic rings. The number of nitrogens with one attached hydrogen (secondary N) is 2. The molecular formula is C28H47N5S. The van der Waals surface area contributed by atoms with Gasteiger partial charge in [-0.1, -0.05) is 85.6 Å². The molecule has 1 aliphatic heterocycles. The van der Waals surface area contributed by atoms with Crippen LogP contribution in [0.5, 0.6) is 0 Å². The molecule has 0 aromatic carbocycles. The molecule has 0 amide bonds. The Morgan fingerprint density at radius 1 is 1.15 bits per heavy atom. The van der Waals surface area contributed by atoms with Crippen LogP contribution < -0.4 is 10.9 Å². The van der Waals surface area contributed by atoms with Gasteiger partial charge >= 0.3 is 0 Å². The van der Waals surface area contributed by atoms with Gasteiger partial charge in [-0.3, -0.25) is 0 Å². The first-order valence-corrected chi connectivity index (χ1v) is 13.9. The molecule has 0 saturated carbocycles. The normalized spacial score (nSPS) is 15.1. The lowest BCUT2D eigenvalue weighted by molar-refractivity contribution is 0.380. The quantitative estimate of drug-likeness (QED) is 0.333. The van der Waals surface area contributed by atoms with E-state index in [1.165, 1.54) is 43.4 Å². The average molecular weight is 486 g/mol. The Labute approximate surface area is 212 Å². The Morgan fingerprint density at radius 2 is 1.79 bits per heavy atom. The zero-order valence-corrected chi connectivity index (χ0v) is 23.6. The summed E-state index contributed by atoms with van der Waals surface area (Å²) in [5.41, 5.74) is 11.1. The highest BCUT2D eigenvalue weighted by Crippen LogP contribution is 2.33. The van der Waals surface area contributed by atoms with E-state index >= 15 is 0 Å². The zero-order chi connectivity index (χ0) is 25.5. The van der Waals surface area contributed by atoms with Crippen LogP contribution >= 0.6 is 11.3 Å². The van der Waals surface area contributed by atoms with E-state index in [-0.39, 0.29) is 6.04 Å². The summed E-state index contributed by atoms with van der Waals surface area (Å²) in [6, 6.07) is 0.0358. The Hall–Kier alpha value is -2.18. The van der Waals surface area contributed by atoms with Crippen molar-refractivity contribution >= 4 is 11.3 Å². The third-order valence-electron chi connectivity index (χ3n) is 5.46. The zero-order valence-electron chi connectivity index (χ0n) is 22.7. The van der Waals surface area contributed by atoms with Crippen molar-refractivity contribution in [2.45, 2.75) is 100 Å². The minimum Gasteiger partial charge on any atom is -0.326 e. The van der Waals surface area contributed by atoms with Crippen LogP contribution in [-0.2, 0) is 6.54 Å². The Balaban J connectivity index is 0.00000107. The monoisotopic (exact) mass is 485 g/mol. The van der Waals surface area contributed by atoms with Crippen molar-refractivity contribution in [3.05, 3.63) is 59.0 Å². The van der Waals surface area contributed by atoms with E-state index in [0.717, 1.165) is 28.8 Å². The third-order valence-corrected chi connectivity index (χ3v) is 6.32. The highest BCUT2D eigenvalue weighted by molar-refractivity contribution is 7.13. The maximum atomic E-state index is 4.97. The van der Waals surface area contributed by atoms with E-state index in [9.17, 15) is 0 Å². The predicted molar refractivity (Wildman–Crippen MR) is 150 cm³/mol. The highest BCUT2D eigenvalue weighted by atomic mass is 32.1. The number of hydrogen-bond donors (Lipinski definition) is 2. The molecule has 0 saturated heterocycles. The fraction of sp³-hybridized carbons (Fsp3) is 0.571. The Bertz CT molecular complexity index is 900. The molecule has 0 aliphatic carbocycles. The van der Waals surface area contributed by atoms with Gasteiger partial charge in [-0.2, -0.15) is 0 Å². The average Bonchev–Trinajstić information content (AvgIpc) is 3.54. The second kappa shape index (κ2) is 16.4. The highest BCUT2D eigenvalue weighted by Gasteiger charge is 2.26. The summed E-state index contributed by atoms with van der Waals surface area (Å²) >= 11 is 1.67. The van der Waals surface area contributed by atoms with Crippen molar-refractivity contribution in [1.29, 1.82) is 0 Å². The second-order valence-corrected chi connectivity index (χ2v) is 9.30. The van der Waals surface area contributed by atoms with E-state index in [4.69, 9.17) is 9.97 Å². The van der Waals surface area contributed by atoms with Gasteiger partial charge < -0.3 is 9.99 Å². The maximum Gasteiger partial charge on any atom is 0.169 e. The number of rotatable bonds is 10. The Kier molecular flexibility index (Phi) is 14.4. The summed E-state index contributed by atoms with van der Waals surface area (Å²) < 4.78 is 2.36. The number of aromatic nitrogens is 3. The smallest absolute Gasteiger partial charge is 0.169 e. The van der Waals surface area contributed by atoms with E-state index in [0.29, 0.717) is 5.92 Å². The fourth-order valence-corrected chi connectivity index (χ4v) is 4.81. The van der Waals surface area contributed by atoms with E-state index < -0.39 is 0 Å². The van der Waals surface area contributed by atoms with Crippen LogP contribution in [0.25, 0.3) is 10.8 Å². The fourth-order valence-electron chi connectivity index (χ4n) is 3.96. The SMILES string of the molecule is C=C/C=C\C1=C(C)NNC1c1csc(-c2ncc(C)n2CC(CCC)CCC)n1.CC.CCC. The molecule has 5 nitrogen and oxygen atoms in total. The minimum atomic E-state index is 0.0358. The molecule has 1 atom stereocenters. The molecular weight excluding hydrogens is 438 g/mol. The van der Waals surface area contributed by atoms with Gasteiger partial charge in [-0.15, -0.1) is 11.3 Å². The van der Waals surface area contributed by atoms with Crippen LogP contribution in [0.3, 0.4) is 0 Å². The van der Waals surface area contributed by atoms with Crippen molar-refractivity contribution in [1.82, 2.24) is 25.4 Å². The number of hydrogen-bond acceptors (Lipinski definition) is 5. The van der Waals surface area contributed by atoms with Gasteiger partial charge in [-0.05, 0) is 38.2 Å². The summed E-state index contributed by atoms with van der Waals surface area (Å²) in [6.45, 7) is 21.8. The van der Waals surface area contributed by atoms with Gasteiger partial charge in [0.2, 0.25) is 0 Å². The maximum absolute atomic E-state index is 4.97. The lowest BCUT2D eigenvalue weighted by Crippen LogP contribution is -2.26. The van der Waals surface area contributed by atoms with Gasteiger partial charge in [0.15, 0.2) is 10.8 Å². The first-order valence-electron chi connectivity index (χ1n) is 13.0. The molecule has 1 aliphatic rings. The van der Waals surface area contributed by atoms with Gasteiger partial charge in [0.05, 0.1) is 11.7 Å². The molecule has 0 radical (unpaired) electrons. The van der Waals surface area contributed by atoms with Crippen molar-refractivity contribution in [2.75, 3.05) is 0 Å². The minimum absolute atomic E-state index is 0.0358. The van der Waals surface area contributed by atoms with Crippen molar-refractivity contribution < 1.29 is 0 Å². The third kappa shape index (κ3) is 8.24. The van der Waals surface area contributed by atoms with E-state index in [1.54, 1.807) is 17.4 Å². The van der Waals surface area contributed by atoms with Gasteiger partial charge in [0.25, 0.3) is 0 Å². The summed E-state index contributed by atoms with van der Waals surface area (Å²) in [4.78, 5) is 9.69. The van der Waals surface area contributed by atoms with Crippen LogP contribution in [0.2, 0.25) is 0 Å². The summed E-state index contributed by atoms with van der Waals surface area (Å²) in [5.74, 6) is 1.68. The van der Waals surface area contributed by atoms with Crippen molar-refractivity contribution in [3.63, 3.8) is 0 Å². The molecule has 0 spiro atoms. The second-order valence-electron chi connectivity index (χ2n) is 8.44. The first kappa shape index (κ1) is 29.9. The van der Waals surface area contributed by atoms with Crippen molar-refractivity contribution in [3.8, 4) is 10.8 Å². The summed E-state index contributed by atoms with van der Waals surface area (Å²) in [6.07, 6.45) is 14.0. The van der Waals surface area contributed by atoms with Crippen LogP contribution in [0, 0.1) is 12.8 Å². The number of aryl methyl sites for hydroxylation is 1. The molecule has 0 fully saturated rings. The molecule has 190 valence electrons. The summed E-state index contributed by atoms with van der Waals surface area (Å²) in [5, 5.41) is 3.12. The van der Waals surface area contributed by atoms with Gasteiger partial charge in [-0.25, -0.2) is 15.4 Å². The largest absolute Gasteiger partial charge is 0.326 e. The molecule has 3 heterocycles. The van der Waals surface area contributed by atoms with Crippen LogP contribution in [0.4, 0.5) is 0 Å². The number of nitrogens with zero attached hydrogens (tertiary/aromatic N) is 3. The predicted octanol–water partition coefficient (Wildman–Crippen LogP) is 8.14. The van der Waals surface area contributed by atoms with Crippen LogP contribution in [-0.4, -0.2) is 14.5 Å². The standard InChI is InChI=1S/C23H33N5S.C3H8.C2H6/c1-6-9-12-19-17(5)26-27-21(19)20-15-29-23(25-20)22-24-13-16(4)28(22)14-18(10-7-2)11-8-3;1-3-2;1-2/h6,9,12-13,15,18,21,26-27H,1,7-8,10-11,14H2,2-5H3;3H2,1-2H3;1-2H3/b12-9-;;. The molecule has 2 N–H and O–H groups in total. The van der Waals surface area contributed by atoms with E-state index in [2.05, 4.69) is 75.0 Å². The topological polar surface area (TPSA) is 54.8 Å². The molecule has 2 aromatic heterocycles. The lowest BCUT2D eigenvalue weighted by Gasteiger charge is -2.18. The first-order chi connectivity index (χ1) is 16.5. The van der Waals surface area contributed by atoms with Crippen LogP contribution in [0.1, 0.15) is 98.0 Å². The Morgan fingerprint density at radius 3 is 2.38 bits per heavy atom. The molecule has 6 heteroatoms. The molecule has 3 rings (SSSR count). The molecule has 0 bridgehead atoms. The molecule has 1 unspecified atom stereocenters. The van der Waals surface area contributed by atoms with Crippen LogP contribution in [0.15, 0.2) is 47.7 Å². The van der Waals surface area contributed by atoms with Crippen molar-refractivity contribution in [2.24, 2.45) is 5.92 Å². The number of allylic oxidation sites excluding steroid dienone is 3. The van der Waals surface area contributed by atoms with E-state index in [1.807, 2.05) is 26.1 Å². The van der Waals surface area contributed by atoms with Gasteiger partial charge in [0.1, 0.15) is 0 Å². The number of thiazole rings is 1. The lowest BCUT2D eigenvalue weighted by atomic mass is 9.98. The van der Waals surface area contributed by atoms with Gasteiger partial charge in [0, 0.05) is 29.5 Å². The molecule has 34 heavy (non-hydrogen) atoms. The number of imidazole rings is 1.